The smallest absolute Gasteiger partial charge is 0.249 e. The highest BCUT2D eigenvalue weighted by molar-refractivity contribution is 6.32. The zero-order chi connectivity index (χ0) is 29.2. The van der Waals surface area contributed by atoms with Crippen LogP contribution < -0.4 is 16.0 Å². The first-order valence-corrected chi connectivity index (χ1v) is 14.2. The molecule has 210 valence electrons. The third kappa shape index (κ3) is 7.62. The maximum absolute atomic E-state index is 13.2. The highest BCUT2D eigenvalue weighted by atomic mass is 35.5. The van der Waals surface area contributed by atoms with Gasteiger partial charge in [-0.2, -0.15) is 0 Å². The summed E-state index contributed by atoms with van der Waals surface area (Å²) in [6.07, 6.45) is 3.19. The zero-order valence-corrected chi connectivity index (χ0v) is 24.3. The molecular weight excluding hydrogens is 532 g/mol. The molecule has 0 saturated carbocycles. The van der Waals surface area contributed by atoms with Gasteiger partial charge < -0.3 is 16.0 Å². The van der Waals surface area contributed by atoms with Gasteiger partial charge in [-0.15, -0.1) is 0 Å². The molecule has 1 unspecified atom stereocenters. The van der Waals surface area contributed by atoms with Crippen LogP contribution in [0.3, 0.4) is 0 Å². The first-order valence-electron chi connectivity index (χ1n) is 13.8. The monoisotopic (exact) mass is 566 g/mol. The molecule has 1 aliphatic rings. The van der Waals surface area contributed by atoms with Gasteiger partial charge in [0, 0.05) is 41.0 Å². The van der Waals surface area contributed by atoms with Crippen molar-refractivity contribution in [1.29, 1.82) is 0 Å². The summed E-state index contributed by atoms with van der Waals surface area (Å²) in [7, 11) is 1.89. The summed E-state index contributed by atoms with van der Waals surface area (Å²) in [6.45, 7) is 4.34. The van der Waals surface area contributed by atoms with E-state index in [-0.39, 0.29) is 5.91 Å². The Morgan fingerprint density at radius 3 is 2.27 bits per heavy atom. The van der Waals surface area contributed by atoms with Crippen molar-refractivity contribution in [3.05, 3.63) is 124 Å². The summed E-state index contributed by atoms with van der Waals surface area (Å²) in [6, 6.07) is 28.8. The topological polar surface area (TPSA) is 82.6 Å². The van der Waals surface area contributed by atoms with Crippen molar-refractivity contribution in [3.8, 4) is 0 Å². The highest BCUT2D eigenvalue weighted by Crippen LogP contribution is 2.29. The predicted octanol–water partition coefficient (Wildman–Crippen LogP) is 7.16. The fourth-order valence-electron chi connectivity index (χ4n) is 4.79. The molecule has 1 aliphatic heterocycles. The Labute approximate surface area is 246 Å². The van der Waals surface area contributed by atoms with Gasteiger partial charge in [0.05, 0.1) is 11.4 Å². The standard InChI is InChI=1S/C27H28ClN3O.C7H7NO/c1-4-18-7-6-17(14-19(18)5-2)15-25-27(32)31-24-13-10-21(28)16-23(24)26(30-25)20-8-11-22(29-3)12-9-20;9-6-8-7-4-2-1-3-5-7/h6-14,16,25,29H,4-5,15H2,1-3H3,(H,31,32);1-6H,(H,8,9). The van der Waals surface area contributed by atoms with Gasteiger partial charge in [-0.3, -0.25) is 14.6 Å². The van der Waals surface area contributed by atoms with Crippen molar-refractivity contribution >= 4 is 46.7 Å². The Morgan fingerprint density at radius 1 is 0.878 bits per heavy atom. The molecule has 0 spiro atoms. The van der Waals surface area contributed by atoms with Crippen LogP contribution in [-0.2, 0) is 28.9 Å². The van der Waals surface area contributed by atoms with Crippen LogP contribution in [0.15, 0.2) is 96.0 Å². The van der Waals surface area contributed by atoms with Gasteiger partial charge >= 0.3 is 0 Å². The average molecular weight is 567 g/mol. The molecule has 6 nitrogen and oxygen atoms in total. The van der Waals surface area contributed by atoms with Crippen LogP contribution in [0.25, 0.3) is 0 Å². The van der Waals surface area contributed by atoms with E-state index in [1.165, 1.54) is 11.1 Å². The van der Waals surface area contributed by atoms with Crippen molar-refractivity contribution in [1.82, 2.24) is 0 Å². The lowest BCUT2D eigenvalue weighted by atomic mass is 9.96. The molecule has 4 aromatic rings. The van der Waals surface area contributed by atoms with Crippen LogP contribution >= 0.6 is 11.6 Å². The molecule has 0 bridgehead atoms. The van der Waals surface area contributed by atoms with Gasteiger partial charge in [0.2, 0.25) is 12.3 Å². The second-order valence-electron chi connectivity index (χ2n) is 9.64. The van der Waals surface area contributed by atoms with E-state index in [1.807, 2.05) is 73.8 Å². The van der Waals surface area contributed by atoms with E-state index in [4.69, 9.17) is 16.6 Å². The van der Waals surface area contributed by atoms with Crippen LogP contribution in [0, 0.1) is 0 Å². The molecular formula is C34H35ClN4O2. The number of amides is 2. The van der Waals surface area contributed by atoms with E-state index in [9.17, 15) is 9.59 Å². The summed E-state index contributed by atoms with van der Waals surface area (Å²) < 4.78 is 0. The van der Waals surface area contributed by atoms with Gasteiger partial charge in [-0.1, -0.05) is 74.0 Å². The van der Waals surface area contributed by atoms with Gasteiger partial charge in [0.15, 0.2) is 0 Å². The number of nitrogens with zero attached hydrogens (tertiary/aromatic N) is 1. The number of anilines is 3. The summed E-state index contributed by atoms with van der Waals surface area (Å²) in [4.78, 5) is 28.0. The number of carbonyl (C=O) groups excluding carboxylic acids is 2. The zero-order valence-electron chi connectivity index (χ0n) is 23.6. The SMILES string of the molecule is CCc1ccc(CC2N=C(c3ccc(NC)cc3)c3cc(Cl)ccc3NC2=O)cc1CC.O=CNc1ccccc1. The number of benzene rings is 4. The van der Waals surface area contributed by atoms with Crippen LogP contribution in [0.4, 0.5) is 17.1 Å². The van der Waals surface area contributed by atoms with E-state index in [0.29, 0.717) is 17.9 Å². The largest absolute Gasteiger partial charge is 0.388 e. The molecule has 0 aliphatic carbocycles. The molecule has 4 aromatic carbocycles. The number of fused-ring (bicyclic) bond motifs is 1. The second-order valence-corrected chi connectivity index (χ2v) is 10.1. The summed E-state index contributed by atoms with van der Waals surface area (Å²) >= 11 is 6.32. The fourth-order valence-corrected chi connectivity index (χ4v) is 4.96. The first kappa shape index (κ1) is 29.6. The van der Waals surface area contributed by atoms with Gasteiger partial charge in [0.1, 0.15) is 6.04 Å². The number of benzodiazepines with no additional fused rings is 1. The molecule has 41 heavy (non-hydrogen) atoms. The minimum absolute atomic E-state index is 0.104. The number of hydrogen-bond donors (Lipinski definition) is 3. The lowest BCUT2D eigenvalue weighted by Crippen LogP contribution is -2.27. The van der Waals surface area contributed by atoms with Crippen LogP contribution in [-0.4, -0.2) is 31.1 Å². The van der Waals surface area contributed by atoms with Gasteiger partial charge in [0.25, 0.3) is 0 Å². The minimum Gasteiger partial charge on any atom is -0.388 e. The molecule has 5 rings (SSSR count). The fraction of sp³-hybridized carbons (Fsp3) is 0.206. The lowest BCUT2D eigenvalue weighted by molar-refractivity contribution is -0.117. The number of carbonyl (C=O) groups is 2. The van der Waals surface area contributed by atoms with E-state index < -0.39 is 6.04 Å². The maximum atomic E-state index is 13.2. The molecule has 7 heteroatoms. The number of aryl methyl sites for hydroxylation is 2. The molecule has 2 amide bonds. The Hall–Kier alpha value is -4.42. The molecule has 0 radical (unpaired) electrons. The van der Waals surface area contributed by atoms with E-state index >= 15 is 0 Å². The molecule has 0 aromatic heterocycles. The van der Waals surface area contributed by atoms with Crippen molar-refractivity contribution < 1.29 is 9.59 Å². The number of halogens is 1. The minimum atomic E-state index is -0.530. The van der Waals surface area contributed by atoms with E-state index in [1.54, 1.807) is 6.07 Å². The summed E-state index contributed by atoms with van der Waals surface area (Å²) in [5.41, 5.74) is 8.94. The maximum Gasteiger partial charge on any atom is 0.249 e. The van der Waals surface area contributed by atoms with Gasteiger partial charge in [-0.05, 0) is 72.0 Å². The van der Waals surface area contributed by atoms with Crippen LogP contribution in [0.1, 0.15) is 41.7 Å². The molecule has 0 fully saturated rings. The Morgan fingerprint density at radius 2 is 1.61 bits per heavy atom. The number of rotatable bonds is 8. The predicted molar refractivity (Wildman–Crippen MR) is 171 cm³/mol. The third-order valence-corrected chi connectivity index (χ3v) is 7.23. The van der Waals surface area contributed by atoms with E-state index in [0.717, 1.165) is 52.3 Å². The van der Waals surface area contributed by atoms with Crippen molar-refractivity contribution in [2.75, 3.05) is 23.0 Å². The number of nitrogens with one attached hydrogen (secondary N) is 3. The average Bonchev–Trinajstić information content (AvgIpc) is 3.14. The summed E-state index contributed by atoms with van der Waals surface area (Å²) in [5.74, 6) is -0.104. The van der Waals surface area contributed by atoms with Crippen molar-refractivity contribution in [3.63, 3.8) is 0 Å². The molecule has 0 saturated heterocycles. The van der Waals surface area contributed by atoms with Crippen LogP contribution in [0.5, 0.6) is 0 Å². The van der Waals surface area contributed by atoms with Crippen molar-refractivity contribution in [2.24, 2.45) is 4.99 Å². The van der Waals surface area contributed by atoms with Crippen molar-refractivity contribution in [2.45, 2.75) is 39.2 Å². The quantitative estimate of drug-likeness (QED) is 0.198. The Balaban J connectivity index is 0.000000367. The number of para-hydroxylation sites is 1. The molecule has 1 atom stereocenters. The normalized spacial score (nSPS) is 13.9. The molecule has 3 N–H and O–H groups in total. The number of hydrogen-bond acceptors (Lipinski definition) is 4. The third-order valence-electron chi connectivity index (χ3n) is 6.99. The van der Waals surface area contributed by atoms with E-state index in [2.05, 4.69) is 48.0 Å². The van der Waals surface area contributed by atoms with Gasteiger partial charge in [-0.25, -0.2) is 0 Å². The number of aliphatic imine (C=N–C) groups is 1. The summed E-state index contributed by atoms with van der Waals surface area (Å²) in [5, 5.41) is 9.34. The first-order chi connectivity index (χ1) is 19.9. The Bertz CT molecular complexity index is 1520. The second kappa shape index (κ2) is 14.3. The lowest BCUT2D eigenvalue weighted by Gasteiger charge is -2.14. The molecule has 1 heterocycles. The highest BCUT2D eigenvalue weighted by Gasteiger charge is 2.26. The Kier molecular flexibility index (Phi) is 10.3. The van der Waals surface area contributed by atoms with Crippen LogP contribution in [0.2, 0.25) is 5.02 Å².